The molecular formula is C17H18. The third-order valence-electron chi connectivity index (χ3n) is 3.47. The molecule has 0 heterocycles. The first-order valence-corrected chi connectivity index (χ1v) is 5.93. The van der Waals surface area contributed by atoms with Crippen molar-refractivity contribution in [2.24, 2.45) is 0 Å². The standard InChI is InChI=1S/C17H18/c1-5-15-11-12(2)13(3)14(4)17(15)16-9-7-6-8-10-16/h5-11H,1H2,2-4H3. The Labute approximate surface area is 104 Å². The SMILES string of the molecule is C=Cc1cc(C)c(C)c(C)c1-c1ccccc1. The van der Waals surface area contributed by atoms with Crippen LogP contribution >= 0.6 is 0 Å². The lowest BCUT2D eigenvalue weighted by molar-refractivity contribution is 1.26. The molecule has 0 atom stereocenters. The van der Waals surface area contributed by atoms with Crippen LogP contribution in [0.15, 0.2) is 43.0 Å². The first-order valence-electron chi connectivity index (χ1n) is 5.93. The van der Waals surface area contributed by atoms with Crippen molar-refractivity contribution in [2.45, 2.75) is 20.8 Å². The van der Waals surface area contributed by atoms with Gasteiger partial charge >= 0.3 is 0 Å². The highest BCUT2D eigenvalue weighted by molar-refractivity contribution is 5.79. The van der Waals surface area contributed by atoms with E-state index in [2.05, 4.69) is 57.7 Å². The van der Waals surface area contributed by atoms with Crippen LogP contribution < -0.4 is 0 Å². The Kier molecular flexibility index (Phi) is 3.14. The van der Waals surface area contributed by atoms with E-state index in [9.17, 15) is 0 Å². The summed E-state index contributed by atoms with van der Waals surface area (Å²) in [6, 6.07) is 12.7. The molecule has 2 aromatic rings. The largest absolute Gasteiger partial charge is 0.0984 e. The average molecular weight is 222 g/mol. The van der Waals surface area contributed by atoms with Crippen LogP contribution in [-0.4, -0.2) is 0 Å². The van der Waals surface area contributed by atoms with E-state index >= 15 is 0 Å². The lowest BCUT2D eigenvalue weighted by Gasteiger charge is -2.15. The molecule has 0 aliphatic rings. The normalized spacial score (nSPS) is 10.3. The van der Waals surface area contributed by atoms with E-state index in [1.54, 1.807) is 0 Å². The Morgan fingerprint density at radius 3 is 2.18 bits per heavy atom. The van der Waals surface area contributed by atoms with Crippen LogP contribution in [0.2, 0.25) is 0 Å². The summed E-state index contributed by atoms with van der Waals surface area (Å²) >= 11 is 0. The fourth-order valence-corrected chi connectivity index (χ4v) is 2.26. The fraction of sp³-hybridized carbons (Fsp3) is 0.176. The number of aryl methyl sites for hydroxylation is 1. The van der Waals surface area contributed by atoms with E-state index in [0.29, 0.717) is 0 Å². The fourth-order valence-electron chi connectivity index (χ4n) is 2.26. The van der Waals surface area contributed by atoms with Gasteiger partial charge in [0, 0.05) is 0 Å². The van der Waals surface area contributed by atoms with E-state index in [0.717, 1.165) is 0 Å². The van der Waals surface area contributed by atoms with Crippen LogP contribution in [0.5, 0.6) is 0 Å². The van der Waals surface area contributed by atoms with Gasteiger partial charge in [-0.05, 0) is 54.2 Å². The van der Waals surface area contributed by atoms with Gasteiger partial charge in [0.15, 0.2) is 0 Å². The van der Waals surface area contributed by atoms with Crippen molar-refractivity contribution in [2.75, 3.05) is 0 Å². The molecule has 0 aliphatic heterocycles. The maximum atomic E-state index is 3.93. The molecule has 0 unspecified atom stereocenters. The maximum absolute atomic E-state index is 3.93. The quantitative estimate of drug-likeness (QED) is 0.676. The molecule has 0 fully saturated rings. The number of benzene rings is 2. The summed E-state index contributed by atoms with van der Waals surface area (Å²) in [4.78, 5) is 0. The van der Waals surface area contributed by atoms with Gasteiger partial charge in [0.2, 0.25) is 0 Å². The predicted molar refractivity (Wildman–Crippen MR) is 76.2 cm³/mol. The molecule has 0 bridgehead atoms. The summed E-state index contributed by atoms with van der Waals surface area (Å²) in [5.74, 6) is 0. The molecule has 86 valence electrons. The smallest absolute Gasteiger partial charge is 0.00795 e. The molecule has 0 radical (unpaired) electrons. The van der Waals surface area contributed by atoms with Crippen LogP contribution in [-0.2, 0) is 0 Å². The Hall–Kier alpha value is -1.82. The van der Waals surface area contributed by atoms with Gasteiger partial charge in [0.1, 0.15) is 0 Å². The Morgan fingerprint density at radius 2 is 1.59 bits per heavy atom. The van der Waals surface area contributed by atoms with Crippen molar-refractivity contribution in [1.82, 2.24) is 0 Å². The molecule has 2 rings (SSSR count). The van der Waals surface area contributed by atoms with Gasteiger partial charge in [-0.25, -0.2) is 0 Å². The van der Waals surface area contributed by atoms with Gasteiger partial charge in [-0.1, -0.05) is 49.1 Å². The molecule has 0 nitrogen and oxygen atoms in total. The molecule has 0 spiro atoms. The lowest BCUT2D eigenvalue weighted by Crippen LogP contribution is -1.94. The van der Waals surface area contributed by atoms with E-state index in [1.807, 2.05) is 12.1 Å². The summed E-state index contributed by atoms with van der Waals surface area (Å²) in [5.41, 5.74) is 7.85. The molecule has 17 heavy (non-hydrogen) atoms. The first-order chi connectivity index (χ1) is 8.15. The van der Waals surface area contributed by atoms with Crippen LogP contribution in [0.1, 0.15) is 22.3 Å². The van der Waals surface area contributed by atoms with Crippen LogP contribution in [0.3, 0.4) is 0 Å². The monoisotopic (exact) mass is 222 g/mol. The lowest BCUT2D eigenvalue weighted by atomic mass is 9.89. The predicted octanol–water partition coefficient (Wildman–Crippen LogP) is 4.92. The number of rotatable bonds is 2. The van der Waals surface area contributed by atoms with Gasteiger partial charge in [-0.15, -0.1) is 0 Å². The molecule has 2 aromatic carbocycles. The van der Waals surface area contributed by atoms with Crippen molar-refractivity contribution in [1.29, 1.82) is 0 Å². The van der Waals surface area contributed by atoms with Crippen LogP contribution in [0.25, 0.3) is 17.2 Å². The highest BCUT2D eigenvalue weighted by Crippen LogP contribution is 2.31. The zero-order chi connectivity index (χ0) is 12.4. The highest BCUT2D eigenvalue weighted by atomic mass is 14.1. The summed E-state index contributed by atoms with van der Waals surface area (Å²) in [6.45, 7) is 10.5. The van der Waals surface area contributed by atoms with Gasteiger partial charge < -0.3 is 0 Å². The van der Waals surface area contributed by atoms with Gasteiger partial charge in [-0.3, -0.25) is 0 Å². The van der Waals surface area contributed by atoms with Crippen LogP contribution in [0.4, 0.5) is 0 Å². The van der Waals surface area contributed by atoms with Crippen molar-refractivity contribution in [3.8, 4) is 11.1 Å². The van der Waals surface area contributed by atoms with Gasteiger partial charge in [0.25, 0.3) is 0 Å². The van der Waals surface area contributed by atoms with Gasteiger partial charge in [-0.2, -0.15) is 0 Å². The molecular weight excluding hydrogens is 204 g/mol. The molecule has 0 N–H and O–H groups in total. The van der Waals surface area contributed by atoms with Crippen molar-refractivity contribution < 1.29 is 0 Å². The maximum Gasteiger partial charge on any atom is -0.00795 e. The minimum atomic E-state index is 1.22. The summed E-state index contributed by atoms with van der Waals surface area (Å²) < 4.78 is 0. The van der Waals surface area contributed by atoms with E-state index in [4.69, 9.17) is 0 Å². The zero-order valence-electron chi connectivity index (χ0n) is 10.7. The number of hydrogen-bond acceptors (Lipinski definition) is 0. The second-order valence-electron chi connectivity index (χ2n) is 4.48. The summed E-state index contributed by atoms with van der Waals surface area (Å²) in [6.07, 6.45) is 1.95. The van der Waals surface area contributed by atoms with Crippen molar-refractivity contribution in [3.05, 3.63) is 65.2 Å². The number of hydrogen-bond donors (Lipinski definition) is 0. The average Bonchev–Trinajstić information content (AvgIpc) is 2.36. The van der Waals surface area contributed by atoms with Crippen LogP contribution in [0, 0.1) is 20.8 Å². The molecule has 0 amide bonds. The Morgan fingerprint density at radius 1 is 0.941 bits per heavy atom. The van der Waals surface area contributed by atoms with Crippen molar-refractivity contribution in [3.63, 3.8) is 0 Å². The van der Waals surface area contributed by atoms with E-state index < -0.39 is 0 Å². The highest BCUT2D eigenvalue weighted by Gasteiger charge is 2.10. The first kappa shape index (κ1) is 11.7. The van der Waals surface area contributed by atoms with E-state index in [1.165, 1.54) is 33.4 Å². The molecule has 0 heteroatoms. The minimum absolute atomic E-state index is 1.22. The van der Waals surface area contributed by atoms with Crippen molar-refractivity contribution >= 4 is 6.08 Å². The second kappa shape index (κ2) is 4.58. The molecule has 0 aromatic heterocycles. The Balaban J connectivity index is 2.77. The minimum Gasteiger partial charge on any atom is -0.0984 e. The third-order valence-corrected chi connectivity index (χ3v) is 3.47. The Bertz CT molecular complexity index is 548. The topological polar surface area (TPSA) is 0 Å². The summed E-state index contributed by atoms with van der Waals surface area (Å²) in [7, 11) is 0. The van der Waals surface area contributed by atoms with Gasteiger partial charge in [0.05, 0.1) is 0 Å². The molecule has 0 aliphatic carbocycles. The second-order valence-corrected chi connectivity index (χ2v) is 4.48. The molecule has 0 saturated carbocycles. The third kappa shape index (κ3) is 2.03. The summed E-state index contributed by atoms with van der Waals surface area (Å²) in [5, 5.41) is 0. The zero-order valence-corrected chi connectivity index (χ0v) is 10.7. The van der Waals surface area contributed by atoms with E-state index in [-0.39, 0.29) is 0 Å². The molecule has 0 saturated heterocycles.